The van der Waals surface area contributed by atoms with E-state index in [-0.39, 0.29) is 16.8 Å². The first-order valence-corrected chi connectivity index (χ1v) is 11.5. The van der Waals surface area contributed by atoms with Gasteiger partial charge in [0.1, 0.15) is 0 Å². The molecule has 1 unspecified atom stereocenters. The topological polar surface area (TPSA) is 66.5 Å². The van der Waals surface area contributed by atoms with Gasteiger partial charge in [-0.1, -0.05) is 50.2 Å². The van der Waals surface area contributed by atoms with Crippen LogP contribution in [0, 0.1) is 0 Å². The molecule has 0 saturated carbocycles. The fourth-order valence-corrected chi connectivity index (χ4v) is 5.16. The first-order valence-electron chi connectivity index (χ1n) is 10.1. The van der Waals surface area contributed by atoms with Gasteiger partial charge in [-0.05, 0) is 54.2 Å². The molecule has 0 aliphatic heterocycles. The van der Waals surface area contributed by atoms with Gasteiger partial charge in [0.2, 0.25) is 15.9 Å². The largest absolute Gasteiger partial charge is 0.349 e. The van der Waals surface area contributed by atoms with Crippen molar-refractivity contribution in [2.45, 2.75) is 44.0 Å². The summed E-state index contributed by atoms with van der Waals surface area (Å²) >= 11 is 0. The van der Waals surface area contributed by atoms with Crippen molar-refractivity contribution < 1.29 is 13.2 Å². The summed E-state index contributed by atoms with van der Waals surface area (Å²) in [6, 6.07) is 15.1. The van der Waals surface area contributed by atoms with Gasteiger partial charge in [-0.25, -0.2) is 8.42 Å². The van der Waals surface area contributed by atoms with Crippen LogP contribution < -0.4 is 5.32 Å². The number of nitrogens with zero attached hydrogens (tertiary/aromatic N) is 1. The summed E-state index contributed by atoms with van der Waals surface area (Å²) in [5.74, 6) is -0.130. The molecule has 0 spiro atoms. The minimum Gasteiger partial charge on any atom is -0.349 e. The van der Waals surface area contributed by atoms with E-state index in [0.717, 1.165) is 24.8 Å². The SMILES string of the molecule is CCN(CC)S(=O)(=O)c1ccc(/C=C/C(=O)NC2CCc3ccccc3C2)cc1. The summed E-state index contributed by atoms with van der Waals surface area (Å²) in [5, 5.41) is 3.07. The third-order valence-corrected chi connectivity index (χ3v) is 7.41. The lowest BCUT2D eigenvalue weighted by Crippen LogP contribution is -2.37. The van der Waals surface area contributed by atoms with Gasteiger partial charge in [-0.15, -0.1) is 0 Å². The number of fused-ring (bicyclic) bond motifs is 1. The van der Waals surface area contributed by atoms with E-state index in [0.29, 0.717) is 13.1 Å². The van der Waals surface area contributed by atoms with E-state index < -0.39 is 10.0 Å². The molecule has 0 saturated heterocycles. The number of benzene rings is 2. The Hall–Kier alpha value is -2.44. The van der Waals surface area contributed by atoms with E-state index in [2.05, 4.69) is 23.5 Å². The lowest BCUT2D eigenvalue weighted by atomic mass is 9.88. The van der Waals surface area contributed by atoms with Gasteiger partial charge in [-0.3, -0.25) is 4.79 Å². The highest BCUT2D eigenvalue weighted by atomic mass is 32.2. The molecule has 0 bridgehead atoms. The van der Waals surface area contributed by atoms with Crippen LogP contribution in [0.4, 0.5) is 0 Å². The average Bonchev–Trinajstić information content (AvgIpc) is 2.73. The van der Waals surface area contributed by atoms with Gasteiger partial charge in [0.05, 0.1) is 4.90 Å². The van der Waals surface area contributed by atoms with Gasteiger partial charge in [0, 0.05) is 25.2 Å². The van der Waals surface area contributed by atoms with E-state index in [9.17, 15) is 13.2 Å². The summed E-state index contributed by atoms with van der Waals surface area (Å²) in [6.45, 7) is 4.52. The number of carbonyl (C=O) groups excluding carboxylic acids is 1. The van der Waals surface area contributed by atoms with E-state index in [4.69, 9.17) is 0 Å². The number of carbonyl (C=O) groups is 1. The molecule has 0 aromatic heterocycles. The van der Waals surface area contributed by atoms with Crippen molar-refractivity contribution in [2.24, 2.45) is 0 Å². The van der Waals surface area contributed by atoms with Crippen molar-refractivity contribution >= 4 is 22.0 Å². The number of sulfonamides is 1. The minimum absolute atomic E-state index is 0.130. The molecule has 0 radical (unpaired) electrons. The highest BCUT2D eigenvalue weighted by Crippen LogP contribution is 2.21. The molecule has 1 amide bonds. The first-order chi connectivity index (χ1) is 13.9. The smallest absolute Gasteiger partial charge is 0.244 e. The Bertz CT molecular complexity index is 977. The molecule has 0 fully saturated rings. The zero-order valence-corrected chi connectivity index (χ0v) is 17.8. The molecule has 0 heterocycles. The molecule has 5 nitrogen and oxygen atoms in total. The van der Waals surface area contributed by atoms with Crippen molar-refractivity contribution in [3.8, 4) is 0 Å². The summed E-state index contributed by atoms with van der Waals surface area (Å²) in [7, 11) is -3.46. The predicted octanol–water partition coefficient (Wildman–Crippen LogP) is 3.40. The van der Waals surface area contributed by atoms with Crippen molar-refractivity contribution in [3.63, 3.8) is 0 Å². The van der Waals surface area contributed by atoms with Crippen molar-refractivity contribution in [2.75, 3.05) is 13.1 Å². The number of nitrogens with one attached hydrogen (secondary N) is 1. The maximum Gasteiger partial charge on any atom is 0.244 e. The number of amides is 1. The third kappa shape index (κ3) is 5.14. The zero-order chi connectivity index (χ0) is 20.9. The summed E-state index contributed by atoms with van der Waals surface area (Å²) < 4.78 is 26.5. The number of hydrogen-bond donors (Lipinski definition) is 1. The standard InChI is InChI=1S/C23H28N2O3S/c1-3-25(4-2)29(27,28)22-14-9-18(10-15-22)11-16-23(26)24-21-13-12-19-7-5-6-8-20(19)17-21/h5-11,14-16,21H,3-4,12-13,17H2,1-2H3,(H,24,26)/b16-11+. The van der Waals surface area contributed by atoms with Crippen LogP contribution >= 0.6 is 0 Å². The second-order valence-corrected chi connectivity index (χ2v) is 9.15. The molecule has 2 aromatic carbocycles. The van der Waals surface area contributed by atoms with E-state index in [1.54, 1.807) is 30.3 Å². The second-order valence-electron chi connectivity index (χ2n) is 7.21. The number of aryl methyl sites for hydroxylation is 1. The van der Waals surface area contributed by atoms with Crippen molar-refractivity contribution in [3.05, 3.63) is 71.3 Å². The highest BCUT2D eigenvalue weighted by Gasteiger charge is 2.21. The molecular weight excluding hydrogens is 384 g/mol. The van der Waals surface area contributed by atoms with Gasteiger partial charge in [-0.2, -0.15) is 4.31 Å². The zero-order valence-electron chi connectivity index (χ0n) is 17.0. The summed E-state index contributed by atoms with van der Waals surface area (Å²) in [4.78, 5) is 12.6. The van der Waals surface area contributed by atoms with Crippen LogP contribution in [0.25, 0.3) is 6.08 Å². The molecule has 2 aromatic rings. The molecule has 1 aliphatic carbocycles. The van der Waals surface area contributed by atoms with Crippen molar-refractivity contribution in [1.29, 1.82) is 0 Å². The van der Waals surface area contributed by atoms with Crippen LogP contribution in [-0.2, 0) is 27.7 Å². The summed E-state index contributed by atoms with van der Waals surface area (Å²) in [5.41, 5.74) is 3.46. The molecule has 3 rings (SSSR count). The van der Waals surface area contributed by atoms with E-state index in [1.165, 1.54) is 21.5 Å². The first kappa shape index (κ1) is 21.3. The Morgan fingerprint density at radius 3 is 2.38 bits per heavy atom. The predicted molar refractivity (Wildman–Crippen MR) is 116 cm³/mol. The maximum atomic E-state index is 12.5. The number of hydrogen-bond acceptors (Lipinski definition) is 3. The molecule has 1 N–H and O–H groups in total. The molecule has 29 heavy (non-hydrogen) atoms. The normalized spacial score (nSPS) is 16.7. The monoisotopic (exact) mass is 412 g/mol. The van der Waals surface area contributed by atoms with Crippen molar-refractivity contribution in [1.82, 2.24) is 9.62 Å². The number of rotatable bonds is 7. The third-order valence-electron chi connectivity index (χ3n) is 5.34. The maximum absolute atomic E-state index is 12.5. The fraction of sp³-hybridized carbons (Fsp3) is 0.348. The average molecular weight is 413 g/mol. The Kier molecular flexibility index (Phi) is 6.87. The second kappa shape index (κ2) is 9.37. The van der Waals surface area contributed by atoms with Gasteiger partial charge >= 0.3 is 0 Å². The van der Waals surface area contributed by atoms with Crippen LogP contribution in [0.3, 0.4) is 0 Å². The van der Waals surface area contributed by atoms with E-state index >= 15 is 0 Å². The lowest BCUT2D eigenvalue weighted by molar-refractivity contribution is -0.117. The molecule has 6 heteroatoms. The molecule has 154 valence electrons. The molecule has 1 aliphatic rings. The fourth-order valence-electron chi connectivity index (χ4n) is 3.71. The van der Waals surface area contributed by atoms with Gasteiger partial charge in [0.25, 0.3) is 0 Å². The Morgan fingerprint density at radius 2 is 1.72 bits per heavy atom. The van der Waals surface area contributed by atoms with Crippen LogP contribution in [-0.4, -0.2) is 37.8 Å². The molecule has 1 atom stereocenters. The Morgan fingerprint density at radius 1 is 1.07 bits per heavy atom. The lowest BCUT2D eigenvalue weighted by Gasteiger charge is -2.25. The van der Waals surface area contributed by atoms with Crippen LogP contribution in [0.5, 0.6) is 0 Å². The Balaban J connectivity index is 1.59. The minimum atomic E-state index is -3.46. The molecular formula is C23H28N2O3S. The highest BCUT2D eigenvalue weighted by molar-refractivity contribution is 7.89. The van der Waals surface area contributed by atoms with Crippen LogP contribution in [0.1, 0.15) is 37.0 Å². The van der Waals surface area contributed by atoms with Gasteiger partial charge < -0.3 is 5.32 Å². The van der Waals surface area contributed by atoms with E-state index in [1.807, 2.05) is 19.9 Å². The van der Waals surface area contributed by atoms with Gasteiger partial charge in [0.15, 0.2) is 0 Å². The quantitative estimate of drug-likeness (QED) is 0.709. The Labute approximate surface area is 173 Å². The van der Waals surface area contributed by atoms with Crippen LogP contribution in [0.15, 0.2) is 59.5 Å². The van der Waals surface area contributed by atoms with Crippen LogP contribution in [0.2, 0.25) is 0 Å². The summed E-state index contributed by atoms with van der Waals surface area (Å²) in [6.07, 6.45) is 5.99.